The van der Waals surface area contributed by atoms with Crippen LogP contribution < -0.4 is 10.1 Å². The van der Waals surface area contributed by atoms with Gasteiger partial charge in [-0.3, -0.25) is 0 Å². The fraction of sp³-hybridized carbons (Fsp3) is 0.100. The van der Waals surface area contributed by atoms with Crippen LogP contribution in [0.3, 0.4) is 0 Å². The van der Waals surface area contributed by atoms with Crippen LogP contribution in [0.25, 0.3) is 16.8 Å². The first-order valence-electron chi connectivity index (χ1n) is 8.00. The molecule has 3 rings (SSSR count). The first-order valence-corrected chi connectivity index (χ1v) is 8.88. The maximum Gasteiger partial charge on any atom is 0.387 e. The molecule has 1 aromatic heterocycles. The van der Waals surface area contributed by atoms with E-state index in [1.807, 2.05) is 36.6 Å². The number of nitrogens with zero attached hydrogens (tertiary/aromatic N) is 2. The Balaban J connectivity index is 1.82. The number of hydrogen-bond acceptors (Lipinski definition) is 5. The summed E-state index contributed by atoms with van der Waals surface area (Å²) < 4.78 is 29.5. The average molecular weight is 383 g/mol. The fourth-order valence-corrected chi connectivity index (χ4v) is 3.13. The minimum atomic E-state index is -2.93. The largest absolute Gasteiger partial charge is 0.433 e. The van der Waals surface area contributed by atoms with E-state index in [1.165, 1.54) is 23.6 Å². The number of aromatic nitrogens is 1. The standard InChI is InChI=1S/C20H15F2N3OS/c1-13-6-8-14(9-7-13)17-12-27-19(25-17)15(10-23)11-24-16-4-2-3-5-18(16)26-20(21)22/h2-9,11-12,20,24H,1H3. The second kappa shape index (κ2) is 8.43. The van der Waals surface area contributed by atoms with Gasteiger partial charge in [0.2, 0.25) is 0 Å². The lowest BCUT2D eigenvalue weighted by Gasteiger charge is -2.10. The molecule has 0 aliphatic carbocycles. The Hall–Kier alpha value is -3.24. The van der Waals surface area contributed by atoms with Gasteiger partial charge < -0.3 is 10.1 Å². The number of allylic oxidation sites excluding steroid dienone is 1. The van der Waals surface area contributed by atoms with Crippen molar-refractivity contribution in [2.24, 2.45) is 0 Å². The number of hydrogen-bond donors (Lipinski definition) is 1. The Morgan fingerprint density at radius 2 is 1.96 bits per heavy atom. The summed E-state index contributed by atoms with van der Waals surface area (Å²) in [5, 5.41) is 14.7. The van der Waals surface area contributed by atoms with Crippen LogP contribution in [0.1, 0.15) is 10.6 Å². The number of anilines is 1. The minimum Gasteiger partial charge on any atom is -0.433 e. The van der Waals surface area contributed by atoms with Crippen LogP contribution in [0.2, 0.25) is 0 Å². The fourth-order valence-electron chi connectivity index (χ4n) is 2.33. The van der Waals surface area contributed by atoms with E-state index in [-0.39, 0.29) is 5.75 Å². The van der Waals surface area contributed by atoms with Crippen molar-refractivity contribution in [3.05, 3.63) is 70.7 Å². The summed E-state index contributed by atoms with van der Waals surface area (Å²) in [7, 11) is 0. The summed E-state index contributed by atoms with van der Waals surface area (Å²) in [4.78, 5) is 4.50. The van der Waals surface area contributed by atoms with Gasteiger partial charge in [0.05, 0.1) is 11.4 Å². The maximum absolute atomic E-state index is 12.5. The Morgan fingerprint density at radius 3 is 2.67 bits per heavy atom. The Morgan fingerprint density at radius 1 is 1.22 bits per heavy atom. The van der Waals surface area contributed by atoms with E-state index < -0.39 is 6.61 Å². The third-order valence-corrected chi connectivity index (χ3v) is 4.55. The predicted octanol–water partition coefficient (Wildman–Crippen LogP) is 5.70. The van der Waals surface area contributed by atoms with Gasteiger partial charge in [0, 0.05) is 17.1 Å². The van der Waals surface area contributed by atoms with E-state index in [0.29, 0.717) is 16.3 Å². The van der Waals surface area contributed by atoms with Crippen molar-refractivity contribution >= 4 is 22.6 Å². The van der Waals surface area contributed by atoms with Gasteiger partial charge in [-0.05, 0) is 19.1 Å². The molecule has 1 N–H and O–H groups in total. The lowest BCUT2D eigenvalue weighted by Crippen LogP contribution is -2.04. The molecule has 1 heterocycles. The summed E-state index contributed by atoms with van der Waals surface area (Å²) in [5.41, 5.74) is 3.52. The van der Waals surface area contributed by atoms with Crippen molar-refractivity contribution in [1.29, 1.82) is 5.26 Å². The molecule has 0 spiro atoms. The van der Waals surface area contributed by atoms with E-state index in [4.69, 9.17) is 0 Å². The van der Waals surface area contributed by atoms with Crippen molar-refractivity contribution in [1.82, 2.24) is 4.98 Å². The number of benzene rings is 2. The van der Waals surface area contributed by atoms with Crippen molar-refractivity contribution in [2.75, 3.05) is 5.32 Å². The molecule has 0 radical (unpaired) electrons. The van der Waals surface area contributed by atoms with Crippen LogP contribution in [-0.2, 0) is 0 Å². The summed E-state index contributed by atoms with van der Waals surface area (Å²) >= 11 is 1.34. The molecule has 0 aliphatic rings. The molecule has 2 aromatic carbocycles. The molecule has 0 saturated carbocycles. The first kappa shape index (κ1) is 18.5. The van der Waals surface area contributed by atoms with Crippen molar-refractivity contribution in [3.63, 3.8) is 0 Å². The number of ether oxygens (including phenoxy) is 1. The monoisotopic (exact) mass is 383 g/mol. The van der Waals surface area contributed by atoms with Gasteiger partial charge in [-0.2, -0.15) is 14.0 Å². The van der Waals surface area contributed by atoms with Crippen LogP contribution in [0.5, 0.6) is 5.75 Å². The zero-order valence-electron chi connectivity index (χ0n) is 14.3. The van der Waals surface area contributed by atoms with Crippen LogP contribution in [-0.4, -0.2) is 11.6 Å². The van der Waals surface area contributed by atoms with E-state index in [0.717, 1.165) is 16.8 Å². The summed E-state index contributed by atoms with van der Waals surface area (Å²) in [6.07, 6.45) is 1.44. The molecule has 0 fully saturated rings. The van der Waals surface area contributed by atoms with E-state index >= 15 is 0 Å². The van der Waals surface area contributed by atoms with Crippen LogP contribution in [0.15, 0.2) is 60.1 Å². The normalized spacial score (nSPS) is 11.3. The molecule has 0 aliphatic heterocycles. The Bertz CT molecular complexity index is 991. The third kappa shape index (κ3) is 4.68. The highest BCUT2D eigenvalue weighted by Gasteiger charge is 2.11. The van der Waals surface area contributed by atoms with Gasteiger partial charge in [-0.15, -0.1) is 11.3 Å². The van der Waals surface area contributed by atoms with Crippen molar-refractivity contribution in [2.45, 2.75) is 13.5 Å². The van der Waals surface area contributed by atoms with E-state index in [1.54, 1.807) is 18.2 Å². The Labute approximate surface area is 159 Å². The number of rotatable bonds is 6. The number of halogens is 2. The molecule has 7 heteroatoms. The highest BCUT2D eigenvalue weighted by atomic mass is 32.1. The summed E-state index contributed by atoms with van der Waals surface area (Å²) in [6.45, 7) is -0.919. The quantitative estimate of drug-likeness (QED) is 0.555. The molecule has 136 valence electrons. The maximum atomic E-state index is 12.5. The number of alkyl halides is 2. The molecule has 27 heavy (non-hydrogen) atoms. The van der Waals surface area contributed by atoms with Crippen LogP contribution in [0.4, 0.5) is 14.5 Å². The number of para-hydroxylation sites is 2. The molecule has 0 atom stereocenters. The number of nitriles is 1. The van der Waals surface area contributed by atoms with Gasteiger partial charge in [0.15, 0.2) is 0 Å². The third-order valence-electron chi connectivity index (χ3n) is 3.68. The molecular weight excluding hydrogens is 368 g/mol. The zero-order chi connectivity index (χ0) is 19.2. The lowest BCUT2D eigenvalue weighted by atomic mass is 10.1. The molecule has 0 unspecified atom stereocenters. The van der Waals surface area contributed by atoms with Gasteiger partial charge in [0.25, 0.3) is 0 Å². The molecular formula is C20H15F2N3OS. The highest BCUT2D eigenvalue weighted by molar-refractivity contribution is 7.11. The van der Waals surface area contributed by atoms with Crippen LogP contribution >= 0.6 is 11.3 Å². The number of nitrogens with one attached hydrogen (secondary N) is 1. The SMILES string of the molecule is Cc1ccc(-c2csc(C(C#N)=CNc3ccccc3OC(F)F)n2)cc1. The number of thiazole rings is 1. The highest BCUT2D eigenvalue weighted by Crippen LogP contribution is 2.28. The molecule has 3 aromatic rings. The topological polar surface area (TPSA) is 57.9 Å². The van der Waals surface area contributed by atoms with Gasteiger partial charge in [0.1, 0.15) is 22.4 Å². The van der Waals surface area contributed by atoms with Gasteiger partial charge >= 0.3 is 6.61 Å². The predicted molar refractivity (Wildman–Crippen MR) is 103 cm³/mol. The van der Waals surface area contributed by atoms with Gasteiger partial charge in [-0.25, -0.2) is 4.98 Å². The molecule has 4 nitrogen and oxygen atoms in total. The van der Waals surface area contributed by atoms with Gasteiger partial charge in [-0.1, -0.05) is 42.0 Å². The van der Waals surface area contributed by atoms with Crippen molar-refractivity contribution in [3.8, 4) is 23.1 Å². The summed E-state index contributed by atoms with van der Waals surface area (Å²) in [6, 6.07) is 16.3. The number of aryl methyl sites for hydroxylation is 1. The van der Waals surface area contributed by atoms with E-state index in [2.05, 4.69) is 21.1 Å². The lowest BCUT2D eigenvalue weighted by molar-refractivity contribution is -0.0493. The zero-order valence-corrected chi connectivity index (χ0v) is 15.1. The second-order valence-corrected chi connectivity index (χ2v) is 6.45. The molecule has 0 amide bonds. The smallest absolute Gasteiger partial charge is 0.387 e. The minimum absolute atomic E-state index is 0.000484. The van der Waals surface area contributed by atoms with Crippen LogP contribution in [0, 0.1) is 18.3 Å². The Kier molecular flexibility index (Phi) is 5.79. The molecule has 0 saturated heterocycles. The van der Waals surface area contributed by atoms with Crippen molar-refractivity contribution < 1.29 is 13.5 Å². The second-order valence-electron chi connectivity index (χ2n) is 5.59. The first-order chi connectivity index (χ1) is 13.1. The van der Waals surface area contributed by atoms with E-state index in [9.17, 15) is 14.0 Å². The average Bonchev–Trinajstić information content (AvgIpc) is 3.13. The summed E-state index contributed by atoms with van der Waals surface area (Å²) in [5.74, 6) is 0.000484. The molecule has 0 bridgehead atoms.